The van der Waals surface area contributed by atoms with Crippen molar-refractivity contribution in [2.24, 2.45) is 14.1 Å². The summed E-state index contributed by atoms with van der Waals surface area (Å²) < 4.78 is 29.0. The average Bonchev–Trinajstić information content (AvgIpc) is 2.77. The van der Waals surface area contributed by atoms with Gasteiger partial charge in [-0.3, -0.25) is 9.40 Å². The van der Waals surface area contributed by atoms with Gasteiger partial charge in [-0.2, -0.15) is 13.5 Å². The van der Waals surface area contributed by atoms with E-state index in [1.165, 1.54) is 22.5 Å². The molecule has 18 heavy (non-hydrogen) atoms. The summed E-state index contributed by atoms with van der Waals surface area (Å²) >= 11 is 11.6. The molecule has 2 heterocycles. The molecule has 0 saturated carbocycles. The Morgan fingerprint density at radius 2 is 1.94 bits per heavy atom. The first-order chi connectivity index (χ1) is 8.33. The SMILES string of the molecule is Cn1ncc(NS(=O)(=O)c2cnc(Cl)n2C)c1Cl. The van der Waals surface area contributed by atoms with Crippen molar-refractivity contribution >= 4 is 38.9 Å². The highest BCUT2D eigenvalue weighted by Crippen LogP contribution is 2.24. The second-order valence-corrected chi connectivity index (χ2v) is 5.83. The molecule has 98 valence electrons. The molecular weight excluding hydrogens is 301 g/mol. The van der Waals surface area contributed by atoms with Crippen LogP contribution in [0.25, 0.3) is 0 Å². The molecule has 0 aromatic carbocycles. The van der Waals surface area contributed by atoms with E-state index in [0.717, 1.165) is 6.20 Å². The molecule has 0 radical (unpaired) electrons. The van der Waals surface area contributed by atoms with Crippen LogP contribution in [0.15, 0.2) is 17.4 Å². The minimum Gasteiger partial charge on any atom is -0.307 e. The summed E-state index contributed by atoms with van der Waals surface area (Å²) in [7, 11) is -0.711. The minimum atomic E-state index is -3.80. The van der Waals surface area contributed by atoms with Gasteiger partial charge in [0.15, 0.2) is 10.2 Å². The third-order valence-corrected chi connectivity index (χ3v) is 4.49. The Bertz CT molecular complexity index is 690. The van der Waals surface area contributed by atoms with E-state index in [4.69, 9.17) is 23.2 Å². The largest absolute Gasteiger partial charge is 0.307 e. The normalized spacial score (nSPS) is 11.8. The summed E-state index contributed by atoms with van der Waals surface area (Å²) in [6.07, 6.45) is 2.48. The molecule has 1 N–H and O–H groups in total. The van der Waals surface area contributed by atoms with E-state index in [9.17, 15) is 8.42 Å². The summed E-state index contributed by atoms with van der Waals surface area (Å²) in [6.45, 7) is 0. The highest BCUT2D eigenvalue weighted by atomic mass is 35.5. The quantitative estimate of drug-likeness (QED) is 0.925. The molecule has 0 amide bonds. The molecule has 7 nitrogen and oxygen atoms in total. The van der Waals surface area contributed by atoms with Crippen LogP contribution < -0.4 is 4.72 Å². The van der Waals surface area contributed by atoms with Gasteiger partial charge in [-0.1, -0.05) is 11.6 Å². The average molecular weight is 310 g/mol. The molecule has 2 aromatic rings. The number of hydrogen-bond acceptors (Lipinski definition) is 4. The van der Waals surface area contributed by atoms with Crippen LogP contribution >= 0.6 is 23.2 Å². The zero-order valence-electron chi connectivity index (χ0n) is 9.42. The Morgan fingerprint density at radius 1 is 1.28 bits per heavy atom. The summed E-state index contributed by atoms with van der Waals surface area (Å²) in [5, 5.41) is 4.03. The molecule has 0 bridgehead atoms. The Hall–Kier alpha value is -1.25. The monoisotopic (exact) mass is 309 g/mol. The summed E-state index contributed by atoms with van der Waals surface area (Å²) in [5.74, 6) is 0. The molecule has 2 rings (SSSR count). The maximum atomic E-state index is 12.1. The highest BCUT2D eigenvalue weighted by Gasteiger charge is 2.22. The van der Waals surface area contributed by atoms with Crippen molar-refractivity contribution in [3.05, 3.63) is 22.8 Å². The first-order valence-electron chi connectivity index (χ1n) is 4.70. The molecular formula is C8H9Cl2N5O2S. The lowest BCUT2D eigenvalue weighted by Gasteiger charge is -2.06. The topological polar surface area (TPSA) is 81.8 Å². The predicted molar refractivity (Wildman–Crippen MR) is 67.2 cm³/mol. The van der Waals surface area contributed by atoms with Crippen LogP contribution in [0.4, 0.5) is 5.69 Å². The number of aryl methyl sites for hydroxylation is 1. The van der Waals surface area contributed by atoms with Gasteiger partial charge in [-0.15, -0.1) is 0 Å². The van der Waals surface area contributed by atoms with Gasteiger partial charge in [0.2, 0.25) is 5.28 Å². The molecule has 0 unspecified atom stereocenters. The molecule has 0 spiro atoms. The zero-order valence-corrected chi connectivity index (χ0v) is 11.8. The number of halogens is 2. The van der Waals surface area contributed by atoms with Crippen molar-refractivity contribution in [1.82, 2.24) is 19.3 Å². The van der Waals surface area contributed by atoms with Crippen molar-refractivity contribution in [3.8, 4) is 0 Å². The fourth-order valence-corrected chi connectivity index (χ4v) is 2.88. The predicted octanol–water partition coefficient (Wildman–Crippen LogP) is 1.26. The van der Waals surface area contributed by atoms with Gasteiger partial charge in [0, 0.05) is 14.1 Å². The van der Waals surface area contributed by atoms with Crippen molar-refractivity contribution in [2.75, 3.05) is 4.72 Å². The molecule has 0 aliphatic rings. The number of hydrogen-bond donors (Lipinski definition) is 1. The lowest BCUT2D eigenvalue weighted by atomic mass is 10.6. The van der Waals surface area contributed by atoms with Crippen LogP contribution in [0.1, 0.15) is 0 Å². The number of nitrogens with one attached hydrogen (secondary N) is 1. The maximum Gasteiger partial charge on any atom is 0.279 e. The van der Waals surface area contributed by atoms with Gasteiger partial charge in [-0.25, -0.2) is 4.98 Å². The van der Waals surface area contributed by atoms with E-state index in [0.29, 0.717) is 0 Å². The number of rotatable bonds is 3. The van der Waals surface area contributed by atoms with Crippen LogP contribution in [-0.2, 0) is 24.1 Å². The van der Waals surface area contributed by atoms with Gasteiger partial charge in [-0.05, 0) is 11.6 Å². The van der Waals surface area contributed by atoms with Gasteiger partial charge in [0.05, 0.1) is 12.4 Å². The summed E-state index contributed by atoms with van der Waals surface area (Å²) in [5.41, 5.74) is 0.191. The van der Waals surface area contributed by atoms with Crippen LogP contribution in [0, 0.1) is 0 Å². The Morgan fingerprint density at radius 3 is 2.39 bits per heavy atom. The smallest absolute Gasteiger partial charge is 0.279 e. The first kappa shape index (κ1) is 13.2. The van der Waals surface area contributed by atoms with Crippen LogP contribution in [-0.4, -0.2) is 27.7 Å². The summed E-state index contributed by atoms with van der Waals surface area (Å²) in [6, 6.07) is 0. The van der Waals surface area contributed by atoms with E-state index >= 15 is 0 Å². The van der Waals surface area contributed by atoms with Crippen molar-refractivity contribution in [3.63, 3.8) is 0 Å². The number of sulfonamides is 1. The van der Waals surface area contributed by atoms with E-state index in [1.807, 2.05) is 0 Å². The van der Waals surface area contributed by atoms with Crippen molar-refractivity contribution < 1.29 is 8.42 Å². The highest BCUT2D eigenvalue weighted by molar-refractivity contribution is 7.92. The van der Waals surface area contributed by atoms with E-state index in [1.54, 1.807) is 7.05 Å². The number of nitrogens with zero attached hydrogens (tertiary/aromatic N) is 4. The van der Waals surface area contributed by atoms with Crippen LogP contribution in [0.3, 0.4) is 0 Å². The van der Waals surface area contributed by atoms with Crippen molar-refractivity contribution in [2.45, 2.75) is 5.03 Å². The van der Waals surface area contributed by atoms with Crippen LogP contribution in [0.2, 0.25) is 10.4 Å². The third kappa shape index (κ3) is 2.18. The number of aromatic nitrogens is 4. The van der Waals surface area contributed by atoms with Crippen molar-refractivity contribution in [1.29, 1.82) is 0 Å². The van der Waals surface area contributed by atoms with Gasteiger partial charge >= 0.3 is 0 Å². The lowest BCUT2D eigenvalue weighted by Crippen LogP contribution is -2.16. The Labute approximate surface area is 113 Å². The molecule has 10 heteroatoms. The molecule has 0 aliphatic heterocycles. The summed E-state index contributed by atoms with van der Waals surface area (Å²) in [4.78, 5) is 3.71. The minimum absolute atomic E-state index is 0.0626. The molecule has 0 aliphatic carbocycles. The van der Waals surface area contributed by atoms with E-state index in [-0.39, 0.29) is 21.2 Å². The van der Waals surface area contributed by atoms with Gasteiger partial charge < -0.3 is 4.57 Å². The molecule has 0 saturated heterocycles. The number of imidazole rings is 1. The second kappa shape index (κ2) is 4.45. The fraction of sp³-hybridized carbons (Fsp3) is 0.250. The maximum absolute atomic E-state index is 12.1. The van der Waals surface area contributed by atoms with Gasteiger partial charge in [0.25, 0.3) is 10.0 Å². The zero-order chi connectivity index (χ0) is 13.5. The fourth-order valence-electron chi connectivity index (χ4n) is 1.31. The Kier molecular flexibility index (Phi) is 3.26. The van der Waals surface area contributed by atoms with Gasteiger partial charge in [0.1, 0.15) is 5.69 Å². The van der Waals surface area contributed by atoms with Crippen LogP contribution in [0.5, 0.6) is 0 Å². The first-order valence-corrected chi connectivity index (χ1v) is 6.94. The lowest BCUT2D eigenvalue weighted by molar-refractivity contribution is 0.591. The van der Waals surface area contributed by atoms with E-state index < -0.39 is 10.0 Å². The number of anilines is 1. The third-order valence-electron chi connectivity index (χ3n) is 2.27. The molecule has 0 fully saturated rings. The standard InChI is InChI=1S/C8H9Cl2N5O2S/c1-14-6(4-11-8(14)10)18(16,17)13-5-3-12-15(2)7(5)9/h3-4,13H,1-2H3. The molecule has 2 aromatic heterocycles. The second-order valence-electron chi connectivity index (χ2n) is 3.50. The van der Waals surface area contributed by atoms with E-state index in [2.05, 4.69) is 14.8 Å². The molecule has 0 atom stereocenters. The Balaban J connectivity index is 2.39.